The van der Waals surface area contributed by atoms with E-state index in [2.05, 4.69) is 14.9 Å². The number of esters is 1. The molecule has 4 aromatic rings. The van der Waals surface area contributed by atoms with Crippen LogP contribution in [-0.2, 0) is 26.3 Å². The standard InChI is InChI=1S/C27H23N3O4S/c1-33-25(31)27(15-16-27)22-13-11-20(12-14-22)19-7-9-21(10-8-19)23-24(35-30-29-23)28-26(32)34-17-18-5-3-2-4-6-18/h2-14H,15-17H2,1H3,(H,28,32). The molecule has 1 aliphatic carbocycles. The molecule has 5 rings (SSSR count). The number of rotatable bonds is 7. The van der Waals surface area contributed by atoms with E-state index in [1.165, 1.54) is 7.11 Å². The van der Waals surface area contributed by atoms with Crippen LogP contribution in [0.1, 0.15) is 24.0 Å². The molecule has 0 bridgehead atoms. The predicted octanol–water partition coefficient (Wildman–Crippen LogP) is 5.83. The Kier molecular flexibility index (Phi) is 6.29. The second-order valence-corrected chi connectivity index (χ2v) is 9.12. The van der Waals surface area contributed by atoms with E-state index < -0.39 is 11.5 Å². The Hall–Kier alpha value is -4.04. The van der Waals surface area contributed by atoms with Gasteiger partial charge in [0.05, 0.1) is 12.5 Å². The zero-order chi connectivity index (χ0) is 24.3. The fraction of sp³-hybridized carbons (Fsp3) is 0.185. The number of benzene rings is 3. The number of carbonyl (C=O) groups excluding carboxylic acids is 2. The first kappa shape index (κ1) is 22.7. The third kappa shape index (κ3) is 4.79. The maximum atomic E-state index is 12.3. The Bertz CT molecular complexity index is 1330. The highest BCUT2D eigenvalue weighted by molar-refractivity contribution is 7.10. The lowest BCUT2D eigenvalue weighted by atomic mass is 9.93. The molecule has 8 heteroatoms. The lowest BCUT2D eigenvalue weighted by molar-refractivity contribution is -0.143. The SMILES string of the molecule is COC(=O)C1(c2ccc(-c3ccc(-c4nnsc4NC(=O)OCc4ccccc4)cc3)cc2)CC1. The highest BCUT2D eigenvalue weighted by Gasteiger charge is 2.52. The Morgan fingerprint density at radius 3 is 2.17 bits per heavy atom. The van der Waals surface area contributed by atoms with Crippen LogP contribution in [0.3, 0.4) is 0 Å². The first-order valence-corrected chi connectivity index (χ1v) is 12.0. The molecule has 176 valence electrons. The molecule has 1 N–H and O–H groups in total. The summed E-state index contributed by atoms with van der Waals surface area (Å²) < 4.78 is 14.3. The topological polar surface area (TPSA) is 90.4 Å². The molecule has 1 amide bonds. The van der Waals surface area contributed by atoms with Crippen LogP contribution in [-0.4, -0.2) is 28.8 Å². The van der Waals surface area contributed by atoms with Gasteiger partial charge in [0.15, 0.2) is 0 Å². The van der Waals surface area contributed by atoms with Crippen LogP contribution < -0.4 is 5.32 Å². The average molecular weight is 486 g/mol. The van der Waals surface area contributed by atoms with Gasteiger partial charge in [-0.3, -0.25) is 10.1 Å². The number of ether oxygens (including phenoxy) is 2. The molecule has 0 spiro atoms. The summed E-state index contributed by atoms with van der Waals surface area (Å²) in [6, 6.07) is 25.4. The molecule has 7 nitrogen and oxygen atoms in total. The van der Waals surface area contributed by atoms with Gasteiger partial charge in [0.1, 0.15) is 17.3 Å². The minimum Gasteiger partial charge on any atom is -0.468 e. The Morgan fingerprint density at radius 1 is 0.914 bits per heavy atom. The molecule has 0 unspecified atom stereocenters. The van der Waals surface area contributed by atoms with E-state index in [1.807, 2.05) is 78.9 Å². The van der Waals surface area contributed by atoms with Crippen molar-refractivity contribution in [3.63, 3.8) is 0 Å². The number of nitrogens with one attached hydrogen (secondary N) is 1. The number of anilines is 1. The van der Waals surface area contributed by atoms with Gasteiger partial charge in [-0.2, -0.15) is 0 Å². The highest BCUT2D eigenvalue weighted by atomic mass is 32.1. The van der Waals surface area contributed by atoms with E-state index in [1.54, 1.807) is 0 Å². The monoisotopic (exact) mass is 485 g/mol. The molecular formula is C27H23N3O4S. The third-order valence-corrected chi connectivity index (χ3v) is 6.81. The van der Waals surface area contributed by atoms with Crippen LogP contribution in [0.4, 0.5) is 9.80 Å². The first-order chi connectivity index (χ1) is 17.1. The number of amides is 1. The van der Waals surface area contributed by atoms with Crippen LogP contribution in [0.25, 0.3) is 22.4 Å². The second-order valence-electron chi connectivity index (χ2n) is 8.37. The van der Waals surface area contributed by atoms with Gasteiger partial charge in [0.25, 0.3) is 0 Å². The smallest absolute Gasteiger partial charge is 0.412 e. The van der Waals surface area contributed by atoms with Crippen LogP contribution in [0.15, 0.2) is 78.9 Å². The molecule has 0 saturated heterocycles. The summed E-state index contributed by atoms with van der Waals surface area (Å²) in [5.74, 6) is -0.167. The summed E-state index contributed by atoms with van der Waals surface area (Å²) in [6.45, 7) is 0.183. The number of carbonyl (C=O) groups is 2. The first-order valence-electron chi connectivity index (χ1n) is 11.2. The van der Waals surface area contributed by atoms with E-state index in [-0.39, 0.29) is 12.6 Å². The number of hydrogen-bond acceptors (Lipinski definition) is 7. The van der Waals surface area contributed by atoms with Crippen LogP contribution in [0.5, 0.6) is 0 Å². The van der Waals surface area contributed by atoms with Gasteiger partial charge in [-0.25, -0.2) is 4.79 Å². The van der Waals surface area contributed by atoms with Crippen molar-refractivity contribution in [2.45, 2.75) is 24.9 Å². The van der Waals surface area contributed by atoms with E-state index in [9.17, 15) is 9.59 Å². The minimum atomic E-state index is -0.557. The van der Waals surface area contributed by atoms with Gasteiger partial charge in [-0.05, 0) is 35.1 Å². The number of methoxy groups -OCH3 is 1. The zero-order valence-electron chi connectivity index (χ0n) is 19.1. The summed E-state index contributed by atoms with van der Waals surface area (Å²) in [5, 5.41) is 7.45. The Labute approximate surface area is 206 Å². The van der Waals surface area contributed by atoms with E-state index in [0.29, 0.717) is 10.7 Å². The van der Waals surface area contributed by atoms with Crippen molar-refractivity contribution in [1.29, 1.82) is 0 Å². The van der Waals surface area contributed by atoms with Crippen molar-refractivity contribution in [3.05, 3.63) is 90.0 Å². The van der Waals surface area contributed by atoms with Gasteiger partial charge in [-0.1, -0.05) is 83.4 Å². The van der Waals surface area contributed by atoms with Crippen LogP contribution >= 0.6 is 11.5 Å². The molecule has 1 saturated carbocycles. The number of hydrogen-bond donors (Lipinski definition) is 1. The average Bonchev–Trinajstić information content (AvgIpc) is 3.60. The summed E-state index contributed by atoms with van der Waals surface area (Å²) in [4.78, 5) is 24.4. The summed E-state index contributed by atoms with van der Waals surface area (Å²) in [6.07, 6.45) is 1.09. The largest absolute Gasteiger partial charge is 0.468 e. The molecular weight excluding hydrogens is 462 g/mol. The second kappa shape index (κ2) is 9.68. The fourth-order valence-electron chi connectivity index (χ4n) is 4.05. The van der Waals surface area contributed by atoms with E-state index >= 15 is 0 Å². The molecule has 0 radical (unpaired) electrons. The molecule has 1 fully saturated rings. The quantitative estimate of drug-likeness (QED) is 0.332. The molecule has 1 aromatic heterocycles. The molecule has 0 aliphatic heterocycles. The lowest BCUT2D eigenvalue weighted by Gasteiger charge is -2.13. The van der Waals surface area contributed by atoms with Crippen molar-refractivity contribution >= 4 is 28.6 Å². The third-order valence-electron chi connectivity index (χ3n) is 6.17. The fourth-order valence-corrected chi connectivity index (χ4v) is 4.62. The van der Waals surface area contributed by atoms with E-state index in [0.717, 1.165) is 52.2 Å². The molecule has 3 aromatic carbocycles. The van der Waals surface area contributed by atoms with Gasteiger partial charge in [0.2, 0.25) is 0 Å². The van der Waals surface area contributed by atoms with E-state index in [4.69, 9.17) is 9.47 Å². The van der Waals surface area contributed by atoms with Crippen molar-refractivity contribution in [2.24, 2.45) is 0 Å². The normalized spacial score (nSPS) is 13.6. The van der Waals surface area contributed by atoms with Crippen molar-refractivity contribution in [3.8, 4) is 22.4 Å². The van der Waals surface area contributed by atoms with Crippen molar-refractivity contribution in [1.82, 2.24) is 9.59 Å². The maximum Gasteiger partial charge on any atom is 0.412 e. The zero-order valence-corrected chi connectivity index (χ0v) is 19.9. The molecule has 1 aliphatic rings. The predicted molar refractivity (Wildman–Crippen MR) is 134 cm³/mol. The van der Waals surface area contributed by atoms with Crippen molar-refractivity contribution in [2.75, 3.05) is 12.4 Å². The highest BCUT2D eigenvalue weighted by Crippen LogP contribution is 2.49. The van der Waals surface area contributed by atoms with Crippen molar-refractivity contribution < 1.29 is 19.1 Å². The number of aromatic nitrogens is 2. The van der Waals surface area contributed by atoms with Crippen LogP contribution in [0.2, 0.25) is 0 Å². The van der Waals surface area contributed by atoms with Gasteiger partial charge in [0, 0.05) is 17.1 Å². The summed E-state index contributed by atoms with van der Waals surface area (Å²) in [5.41, 5.74) is 4.92. The molecule has 35 heavy (non-hydrogen) atoms. The Balaban J connectivity index is 1.26. The molecule has 1 heterocycles. The molecule has 0 atom stereocenters. The summed E-state index contributed by atoms with van der Waals surface area (Å²) in [7, 11) is 1.44. The van der Waals surface area contributed by atoms with Crippen LogP contribution in [0, 0.1) is 0 Å². The minimum absolute atomic E-state index is 0.167. The Morgan fingerprint density at radius 2 is 1.54 bits per heavy atom. The summed E-state index contributed by atoms with van der Waals surface area (Å²) >= 11 is 1.10. The van der Waals surface area contributed by atoms with Gasteiger partial charge in [-0.15, -0.1) is 5.10 Å². The van der Waals surface area contributed by atoms with Gasteiger partial charge >= 0.3 is 12.1 Å². The maximum absolute atomic E-state index is 12.3. The number of nitrogens with zero attached hydrogens (tertiary/aromatic N) is 2. The lowest BCUT2D eigenvalue weighted by Crippen LogP contribution is -2.21. The van der Waals surface area contributed by atoms with Gasteiger partial charge < -0.3 is 9.47 Å².